The lowest BCUT2D eigenvalue weighted by Gasteiger charge is -2.33. The van der Waals surface area contributed by atoms with Crippen molar-refractivity contribution in [2.24, 2.45) is 23.7 Å². The van der Waals surface area contributed by atoms with Gasteiger partial charge in [0, 0.05) is 5.92 Å². The molecule has 0 spiro atoms. The summed E-state index contributed by atoms with van der Waals surface area (Å²) in [5.74, 6) is 2.14. The molecule has 126 valence electrons. The van der Waals surface area contributed by atoms with Gasteiger partial charge in [0.15, 0.2) is 0 Å². The largest absolute Gasteiger partial charge is 0.349 e. The van der Waals surface area contributed by atoms with Gasteiger partial charge < -0.3 is 10.6 Å². The van der Waals surface area contributed by atoms with E-state index >= 15 is 0 Å². The van der Waals surface area contributed by atoms with Gasteiger partial charge in [-0.2, -0.15) is 0 Å². The molecule has 2 fully saturated rings. The molecule has 3 rings (SSSR count). The van der Waals surface area contributed by atoms with E-state index in [1.165, 1.54) is 24.0 Å². The van der Waals surface area contributed by atoms with Crippen molar-refractivity contribution in [3.8, 4) is 0 Å². The fraction of sp³-hybridized carbons (Fsp3) is 0.650. The van der Waals surface area contributed by atoms with Crippen LogP contribution in [0.15, 0.2) is 24.3 Å². The van der Waals surface area contributed by atoms with Crippen LogP contribution in [0.3, 0.4) is 0 Å². The second-order valence-corrected chi connectivity index (χ2v) is 7.87. The van der Waals surface area contributed by atoms with E-state index < -0.39 is 0 Å². The van der Waals surface area contributed by atoms with Gasteiger partial charge in [0.2, 0.25) is 5.91 Å². The van der Waals surface area contributed by atoms with Crippen molar-refractivity contribution < 1.29 is 4.79 Å². The Kier molecular flexibility index (Phi) is 5.05. The molecule has 1 amide bonds. The molecule has 2 N–H and O–H groups in total. The van der Waals surface area contributed by atoms with E-state index in [4.69, 9.17) is 0 Å². The van der Waals surface area contributed by atoms with Crippen LogP contribution in [0.2, 0.25) is 0 Å². The summed E-state index contributed by atoms with van der Waals surface area (Å²) < 4.78 is 0. The molecule has 3 nitrogen and oxygen atoms in total. The van der Waals surface area contributed by atoms with E-state index in [0.29, 0.717) is 17.8 Å². The van der Waals surface area contributed by atoms with Crippen LogP contribution >= 0.6 is 0 Å². The molecule has 1 saturated heterocycles. The van der Waals surface area contributed by atoms with E-state index in [1.54, 1.807) is 0 Å². The number of benzene rings is 1. The summed E-state index contributed by atoms with van der Waals surface area (Å²) in [5.41, 5.74) is 2.66. The first kappa shape index (κ1) is 16.5. The Labute approximate surface area is 140 Å². The maximum absolute atomic E-state index is 12.6. The molecule has 1 heterocycles. The fourth-order valence-corrected chi connectivity index (χ4v) is 3.40. The van der Waals surface area contributed by atoms with Gasteiger partial charge in [-0.25, -0.2) is 0 Å². The first-order chi connectivity index (χ1) is 11.0. The molecule has 1 aromatic carbocycles. The number of nitrogens with one attached hydrogen (secondary N) is 2. The van der Waals surface area contributed by atoms with Gasteiger partial charge in [-0.15, -0.1) is 0 Å². The lowest BCUT2D eigenvalue weighted by atomic mass is 9.87. The third-order valence-corrected chi connectivity index (χ3v) is 5.31. The highest BCUT2D eigenvalue weighted by Gasteiger charge is 2.36. The third-order valence-electron chi connectivity index (χ3n) is 5.31. The molecule has 2 atom stereocenters. The maximum Gasteiger partial charge on any atom is 0.223 e. The zero-order valence-electron chi connectivity index (χ0n) is 14.6. The summed E-state index contributed by atoms with van der Waals surface area (Å²) in [4.78, 5) is 12.6. The van der Waals surface area contributed by atoms with Crippen molar-refractivity contribution in [1.82, 2.24) is 10.6 Å². The molecule has 1 aromatic rings. The molecule has 2 unspecified atom stereocenters. The second kappa shape index (κ2) is 7.04. The Hall–Kier alpha value is -1.35. The first-order valence-corrected chi connectivity index (χ1v) is 9.14. The third kappa shape index (κ3) is 4.14. The van der Waals surface area contributed by atoms with Crippen molar-refractivity contribution in [3.63, 3.8) is 0 Å². The molecule has 0 radical (unpaired) electrons. The van der Waals surface area contributed by atoms with E-state index in [2.05, 4.69) is 55.7 Å². The Bertz CT molecular complexity index is 529. The SMILES string of the molecule is CC(C)Cc1ccc(C(NC(=O)C(C)C2CNC2)C2CC2)cc1. The minimum absolute atomic E-state index is 0.109. The summed E-state index contributed by atoms with van der Waals surface area (Å²) in [6.07, 6.45) is 3.59. The Morgan fingerprint density at radius 3 is 2.26 bits per heavy atom. The number of rotatable bonds is 7. The van der Waals surface area contributed by atoms with Crippen LogP contribution in [0, 0.1) is 23.7 Å². The molecule has 0 bridgehead atoms. The number of hydrogen-bond acceptors (Lipinski definition) is 2. The minimum atomic E-state index is 0.109. The zero-order chi connectivity index (χ0) is 16.4. The maximum atomic E-state index is 12.6. The Balaban J connectivity index is 1.65. The summed E-state index contributed by atoms with van der Waals surface area (Å²) in [6, 6.07) is 9.10. The second-order valence-electron chi connectivity index (χ2n) is 7.87. The van der Waals surface area contributed by atoms with Crippen LogP contribution in [0.5, 0.6) is 0 Å². The van der Waals surface area contributed by atoms with Crippen molar-refractivity contribution in [3.05, 3.63) is 35.4 Å². The van der Waals surface area contributed by atoms with Crippen LogP contribution < -0.4 is 10.6 Å². The van der Waals surface area contributed by atoms with Crippen molar-refractivity contribution in [1.29, 1.82) is 0 Å². The van der Waals surface area contributed by atoms with E-state index in [0.717, 1.165) is 19.5 Å². The number of carbonyl (C=O) groups is 1. The smallest absolute Gasteiger partial charge is 0.223 e. The number of carbonyl (C=O) groups excluding carboxylic acids is 1. The fourth-order valence-electron chi connectivity index (χ4n) is 3.40. The van der Waals surface area contributed by atoms with E-state index in [1.807, 2.05) is 0 Å². The van der Waals surface area contributed by atoms with Gasteiger partial charge in [-0.05, 0) is 61.2 Å². The summed E-state index contributed by atoms with van der Waals surface area (Å²) in [7, 11) is 0. The van der Waals surface area contributed by atoms with Crippen LogP contribution in [-0.2, 0) is 11.2 Å². The highest BCUT2D eigenvalue weighted by atomic mass is 16.2. The lowest BCUT2D eigenvalue weighted by molar-refractivity contribution is -0.127. The zero-order valence-corrected chi connectivity index (χ0v) is 14.6. The van der Waals surface area contributed by atoms with Gasteiger partial charge in [-0.3, -0.25) is 4.79 Å². The number of hydrogen-bond donors (Lipinski definition) is 2. The van der Waals surface area contributed by atoms with Gasteiger partial charge in [0.05, 0.1) is 6.04 Å². The van der Waals surface area contributed by atoms with E-state index in [-0.39, 0.29) is 17.9 Å². The highest BCUT2D eigenvalue weighted by Crippen LogP contribution is 2.41. The van der Waals surface area contributed by atoms with Gasteiger partial charge in [0.25, 0.3) is 0 Å². The van der Waals surface area contributed by atoms with Gasteiger partial charge in [0.1, 0.15) is 0 Å². The van der Waals surface area contributed by atoms with Crippen LogP contribution in [0.1, 0.15) is 50.8 Å². The topological polar surface area (TPSA) is 41.1 Å². The van der Waals surface area contributed by atoms with Crippen molar-refractivity contribution in [2.75, 3.05) is 13.1 Å². The van der Waals surface area contributed by atoms with Crippen LogP contribution in [-0.4, -0.2) is 19.0 Å². The van der Waals surface area contributed by atoms with Crippen LogP contribution in [0.4, 0.5) is 0 Å². The predicted octanol–water partition coefficient (Wildman–Crippen LogP) is 3.31. The van der Waals surface area contributed by atoms with Gasteiger partial charge in [-0.1, -0.05) is 45.0 Å². The molecule has 1 aliphatic carbocycles. The molecule has 1 aliphatic heterocycles. The standard InChI is InChI=1S/C20H30N2O/c1-13(2)10-15-4-6-16(7-5-15)19(17-8-9-17)22-20(23)14(3)18-11-21-12-18/h4-7,13-14,17-19,21H,8-12H2,1-3H3,(H,22,23). The van der Waals surface area contributed by atoms with Crippen molar-refractivity contribution in [2.45, 2.75) is 46.1 Å². The summed E-state index contributed by atoms with van der Waals surface area (Å²) in [6.45, 7) is 8.52. The average molecular weight is 314 g/mol. The first-order valence-electron chi connectivity index (χ1n) is 9.14. The molecule has 0 aromatic heterocycles. The van der Waals surface area contributed by atoms with Crippen molar-refractivity contribution >= 4 is 5.91 Å². The highest BCUT2D eigenvalue weighted by molar-refractivity contribution is 5.79. The predicted molar refractivity (Wildman–Crippen MR) is 94.1 cm³/mol. The minimum Gasteiger partial charge on any atom is -0.349 e. The number of amides is 1. The quantitative estimate of drug-likeness (QED) is 0.811. The monoisotopic (exact) mass is 314 g/mol. The van der Waals surface area contributed by atoms with Gasteiger partial charge >= 0.3 is 0 Å². The molecule has 23 heavy (non-hydrogen) atoms. The summed E-state index contributed by atoms with van der Waals surface area (Å²) >= 11 is 0. The molecule has 3 heteroatoms. The van der Waals surface area contributed by atoms with E-state index in [9.17, 15) is 4.79 Å². The molecular formula is C20H30N2O. The molecular weight excluding hydrogens is 284 g/mol. The van der Waals surface area contributed by atoms with Crippen LogP contribution in [0.25, 0.3) is 0 Å². The lowest BCUT2D eigenvalue weighted by Crippen LogP contribution is -2.50. The molecule has 2 aliphatic rings. The Morgan fingerprint density at radius 1 is 1.13 bits per heavy atom. The average Bonchev–Trinajstić information content (AvgIpc) is 3.27. The Morgan fingerprint density at radius 2 is 1.78 bits per heavy atom. The normalized spacial score (nSPS) is 20.9. The molecule has 1 saturated carbocycles. The summed E-state index contributed by atoms with van der Waals surface area (Å²) in [5, 5.41) is 6.60.